The minimum atomic E-state index is -2.88. The van der Waals surface area contributed by atoms with Crippen molar-refractivity contribution < 1.29 is 13.2 Å². The first-order valence-corrected chi connectivity index (χ1v) is 12.2. The summed E-state index contributed by atoms with van der Waals surface area (Å²) >= 11 is 0. The third-order valence-corrected chi connectivity index (χ3v) is 7.81. The lowest BCUT2D eigenvalue weighted by molar-refractivity contribution is -0.120. The number of rotatable bonds is 5. The normalized spacial score (nSPS) is 29.3. The van der Waals surface area contributed by atoms with E-state index in [4.69, 9.17) is 0 Å². The highest BCUT2D eigenvalue weighted by Gasteiger charge is 2.36. The molecular weight excluding hydrogens is 491 g/mol. The Morgan fingerprint density at radius 1 is 1.14 bits per heavy atom. The zero-order chi connectivity index (χ0) is 19.4. The van der Waals surface area contributed by atoms with Crippen molar-refractivity contribution in [3.8, 4) is 0 Å². The molecule has 0 spiro atoms. The number of likely N-dealkylation sites (tertiary alicyclic amines) is 1. The molecule has 2 heterocycles. The number of sulfone groups is 1. The zero-order valence-electron chi connectivity index (χ0n) is 17.0. The Morgan fingerprint density at radius 3 is 2.32 bits per heavy atom. The summed E-state index contributed by atoms with van der Waals surface area (Å²) in [6.45, 7) is 6.57. The molecule has 1 amide bonds. The lowest BCUT2D eigenvalue weighted by Crippen LogP contribution is -2.43. The number of nitrogens with zero attached hydrogens (tertiary/aromatic N) is 2. The van der Waals surface area contributed by atoms with Gasteiger partial charge in [-0.1, -0.05) is 12.8 Å². The number of nitrogens with one attached hydrogen (secondary N) is 2. The monoisotopic (exact) mass is 526 g/mol. The van der Waals surface area contributed by atoms with Crippen LogP contribution in [0.3, 0.4) is 0 Å². The van der Waals surface area contributed by atoms with Gasteiger partial charge in [0.1, 0.15) is 6.54 Å². The van der Waals surface area contributed by atoms with Gasteiger partial charge in [-0.2, -0.15) is 0 Å². The van der Waals surface area contributed by atoms with Gasteiger partial charge in [0, 0.05) is 25.7 Å². The van der Waals surface area contributed by atoms with Crippen molar-refractivity contribution in [1.29, 1.82) is 0 Å². The highest BCUT2D eigenvalue weighted by atomic mass is 127. The standard InChI is InChI=1S/C19H34N4O3S.HI/c1-14(2)22-18(24)10-21-19(20-9-15-7-8-27(25,26)13-15)23-11-16-5-3-4-6-17(16)12-23;/h14-17H,3-13H2,1-2H3,(H,20,21)(H,22,24);1H. The van der Waals surface area contributed by atoms with Gasteiger partial charge >= 0.3 is 0 Å². The summed E-state index contributed by atoms with van der Waals surface area (Å²) in [6.07, 6.45) is 5.89. The average Bonchev–Trinajstić information content (AvgIpc) is 3.17. The molecule has 2 aliphatic heterocycles. The molecule has 3 aliphatic rings. The quantitative estimate of drug-likeness (QED) is 0.323. The lowest BCUT2D eigenvalue weighted by atomic mass is 9.82. The molecule has 162 valence electrons. The summed E-state index contributed by atoms with van der Waals surface area (Å²) in [5, 5.41) is 6.27. The van der Waals surface area contributed by atoms with E-state index >= 15 is 0 Å². The van der Waals surface area contributed by atoms with Crippen molar-refractivity contribution in [1.82, 2.24) is 15.5 Å². The molecule has 9 heteroatoms. The number of hydrogen-bond donors (Lipinski definition) is 2. The summed E-state index contributed by atoms with van der Waals surface area (Å²) in [6, 6.07) is 0.0995. The number of amides is 1. The number of aliphatic imine (C=N–C) groups is 1. The number of carbonyl (C=O) groups excluding carboxylic acids is 1. The molecule has 3 unspecified atom stereocenters. The zero-order valence-corrected chi connectivity index (χ0v) is 20.2. The molecule has 7 nitrogen and oxygen atoms in total. The summed E-state index contributed by atoms with van der Waals surface area (Å²) in [7, 11) is -2.88. The first-order valence-electron chi connectivity index (χ1n) is 10.4. The molecule has 3 atom stereocenters. The second-order valence-electron chi connectivity index (χ2n) is 8.72. The Kier molecular flexibility index (Phi) is 8.84. The molecule has 0 aromatic carbocycles. The van der Waals surface area contributed by atoms with E-state index in [1.165, 1.54) is 25.7 Å². The number of hydrogen-bond acceptors (Lipinski definition) is 4. The Labute approximate surface area is 186 Å². The van der Waals surface area contributed by atoms with E-state index in [9.17, 15) is 13.2 Å². The minimum Gasteiger partial charge on any atom is -0.356 e. The average molecular weight is 526 g/mol. The van der Waals surface area contributed by atoms with Gasteiger partial charge in [0.15, 0.2) is 15.8 Å². The smallest absolute Gasteiger partial charge is 0.242 e. The Balaban J connectivity index is 0.00000280. The fraction of sp³-hybridized carbons (Fsp3) is 0.895. The van der Waals surface area contributed by atoms with Crippen molar-refractivity contribution in [2.75, 3.05) is 37.7 Å². The third kappa shape index (κ3) is 6.74. The van der Waals surface area contributed by atoms with Crippen LogP contribution < -0.4 is 10.6 Å². The summed E-state index contributed by atoms with van der Waals surface area (Å²) in [5.74, 6) is 2.82. The van der Waals surface area contributed by atoms with Crippen LogP contribution >= 0.6 is 24.0 Å². The molecule has 0 aromatic heterocycles. The number of halogens is 1. The van der Waals surface area contributed by atoms with Gasteiger partial charge in [-0.15, -0.1) is 24.0 Å². The second-order valence-corrected chi connectivity index (χ2v) is 11.0. The summed E-state index contributed by atoms with van der Waals surface area (Å²) < 4.78 is 23.4. The van der Waals surface area contributed by atoms with Crippen molar-refractivity contribution in [2.24, 2.45) is 22.7 Å². The van der Waals surface area contributed by atoms with E-state index in [1.807, 2.05) is 13.8 Å². The van der Waals surface area contributed by atoms with Crippen molar-refractivity contribution in [3.05, 3.63) is 0 Å². The van der Waals surface area contributed by atoms with E-state index in [1.54, 1.807) is 0 Å². The molecule has 3 rings (SSSR count). The van der Waals surface area contributed by atoms with Gasteiger partial charge in [-0.05, 0) is 50.9 Å². The van der Waals surface area contributed by atoms with Crippen LogP contribution in [0, 0.1) is 17.8 Å². The van der Waals surface area contributed by atoms with Crippen molar-refractivity contribution in [3.63, 3.8) is 0 Å². The minimum absolute atomic E-state index is 0. The van der Waals surface area contributed by atoms with Crippen LogP contribution in [0.1, 0.15) is 46.0 Å². The number of fused-ring (bicyclic) bond motifs is 1. The van der Waals surface area contributed by atoms with E-state index in [0.717, 1.165) is 30.9 Å². The predicted octanol–water partition coefficient (Wildman–Crippen LogP) is 1.63. The first-order chi connectivity index (χ1) is 12.8. The largest absolute Gasteiger partial charge is 0.356 e. The van der Waals surface area contributed by atoms with Gasteiger partial charge in [0.25, 0.3) is 0 Å². The second kappa shape index (κ2) is 10.4. The molecule has 1 aliphatic carbocycles. The highest BCUT2D eigenvalue weighted by molar-refractivity contribution is 14.0. The van der Waals surface area contributed by atoms with E-state index in [2.05, 4.69) is 20.5 Å². The topological polar surface area (TPSA) is 90.9 Å². The maximum absolute atomic E-state index is 12.0. The fourth-order valence-electron chi connectivity index (χ4n) is 4.63. The molecule has 3 fully saturated rings. The maximum Gasteiger partial charge on any atom is 0.242 e. The van der Waals surface area contributed by atoms with Gasteiger partial charge in [-0.3, -0.25) is 4.79 Å². The van der Waals surface area contributed by atoms with Crippen LogP contribution in [-0.4, -0.2) is 68.9 Å². The Bertz CT molecular complexity index is 654. The molecule has 28 heavy (non-hydrogen) atoms. The first kappa shape index (κ1) is 23.7. The van der Waals surface area contributed by atoms with Gasteiger partial charge in [0.2, 0.25) is 5.91 Å². The number of carbonyl (C=O) groups is 1. The molecule has 1 saturated carbocycles. The summed E-state index contributed by atoms with van der Waals surface area (Å²) in [4.78, 5) is 18.9. The Hall–Kier alpha value is -0.580. The van der Waals surface area contributed by atoms with Crippen molar-refractivity contribution in [2.45, 2.75) is 52.0 Å². The van der Waals surface area contributed by atoms with Crippen LogP contribution in [0.5, 0.6) is 0 Å². The van der Waals surface area contributed by atoms with Crippen LogP contribution in [0.25, 0.3) is 0 Å². The van der Waals surface area contributed by atoms with E-state index in [-0.39, 0.29) is 59.9 Å². The summed E-state index contributed by atoms with van der Waals surface area (Å²) in [5.41, 5.74) is 0. The Morgan fingerprint density at radius 2 is 1.79 bits per heavy atom. The van der Waals surface area contributed by atoms with Gasteiger partial charge in [-0.25, -0.2) is 13.4 Å². The maximum atomic E-state index is 12.0. The van der Waals surface area contributed by atoms with Crippen LogP contribution in [0.2, 0.25) is 0 Å². The SMILES string of the molecule is CC(C)NC(=O)CN=C(NCC1CCS(=O)(=O)C1)N1CC2CCCCC2C1.I. The van der Waals surface area contributed by atoms with Gasteiger partial charge < -0.3 is 15.5 Å². The highest BCUT2D eigenvalue weighted by Crippen LogP contribution is 2.36. The molecule has 2 N–H and O–H groups in total. The van der Waals surface area contributed by atoms with E-state index in [0.29, 0.717) is 13.0 Å². The van der Waals surface area contributed by atoms with Crippen LogP contribution in [-0.2, 0) is 14.6 Å². The van der Waals surface area contributed by atoms with E-state index < -0.39 is 9.84 Å². The van der Waals surface area contributed by atoms with Gasteiger partial charge in [0.05, 0.1) is 11.5 Å². The molecular formula is C19H35IN4O3S. The molecule has 0 aromatic rings. The molecule has 0 bridgehead atoms. The van der Waals surface area contributed by atoms with Crippen molar-refractivity contribution >= 4 is 45.7 Å². The fourth-order valence-corrected chi connectivity index (χ4v) is 6.49. The molecule has 2 saturated heterocycles. The molecule has 0 radical (unpaired) electrons. The third-order valence-electron chi connectivity index (χ3n) is 5.97. The predicted molar refractivity (Wildman–Crippen MR) is 123 cm³/mol. The van der Waals surface area contributed by atoms with Crippen LogP contribution in [0.4, 0.5) is 0 Å². The lowest BCUT2D eigenvalue weighted by Gasteiger charge is -2.23. The van der Waals surface area contributed by atoms with Crippen LogP contribution in [0.15, 0.2) is 4.99 Å². The number of guanidine groups is 1.